The first-order valence-corrected chi connectivity index (χ1v) is 5.05. The summed E-state index contributed by atoms with van der Waals surface area (Å²) in [5.41, 5.74) is 1.02. The smallest absolute Gasteiger partial charge is 0.251 e. The van der Waals surface area contributed by atoms with E-state index in [0.717, 1.165) is 0 Å². The van der Waals surface area contributed by atoms with Gasteiger partial charge in [0.15, 0.2) is 6.29 Å². The van der Waals surface area contributed by atoms with Crippen LogP contribution in [0.3, 0.4) is 0 Å². The van der Waals surface area contributed by atoms with Crippen LogP contribution in [0.4, 0.5) is 0 Å². The third kappa shape index (κ3) is 3.87. The average Bonchev–Trinajstić information content (AvgIpc) is 2.39. The molecule has 0 atom stereocenters. The fraction of sp³-hybridized carbons (Fsp3) is 0.333. The van der Waals surface area contributed by atoms with Gasteiger partial charge >= 0.3 is 0 Å². The lowest BCUT2D eigenvalue weighted by Gasteiger charge is -2.13. The third-order valence-corrected chi connectivity index (χ3v) is 2.23. The van der Waals surface area contributed by atoms with Gasteiger partial charge in [0, 0.05) is 19.8 Å². The van der Waals surface area contributed by atoms with E-state index in [9.17, 15) is 4.79 Å². The van der Waals surface area contributed by atoms with E-state index in [-0.39, 0.29) is 12.5 Å². The maximum absolute atomic E-state index is 11.7. The van der Waals surface area contributed by atoms with Crippen LogP contribution in [0.25, 0.3) is 0 Å². The van der Waals surface area contributed by atoms with Gasteiger partial charge in [-0.05, 0) is 24.3 Å². The molecular weight excluding hydrogens is 220 g/mol. The average molecular weight is 234 g/mol. The summed E-state index contributed by atoms with van der Waals surface area (Å²) in [5, 5.41) is 11.3. The van der Waals surface area contributed by atoms with Crippen LogP contribution in [0.15, 0.2) is 24.3 Å². The summed E-state index contributed by atoms with van der Waals surface area (Å²) in [6.45, 7) is 0.270. The fourth-order valence-electron chi connectivity index (χ4n) is 1.24. The molecular formula is C12H14N2O3. The Labute approximate surface area is 100.0 Å². The van der Waals surface area contributed by atoms with Gasteiger partial charge in [-0.2, -0.15) is 5.26 Å². The van der Waals surface area contributed by atoms with Crippen molar-refractivity contribution in [3.05, 3.63) is 35.4 Å². The Morgan fingerprint density at radius 3 is 2.41 bits per heavy atom. The fourth-order valence-corrected chi connectivity index (χ4v) is 1.24. The van der Waals surface area contributed by atoms with Crippen LogP contribution in [0.5, 0.6) is 0 Å². The Kier molecular flexibility index (Phi) is 5.14. The second-order valence-electron chi connectivity index (χ2n) is 3.30. The summed E-state index contributed by atoms with van der Waals surface area (Å²) >= 11 is 0. The summed E-state index contributed by atoms with van der Waals surface area (Å²) in [7, 11) is 3.00. The van der Waals surface area contributed by atoms with Crippen molar-refractivity contribution in [2.24, 2.45) is 0 Å². The highest BCUT2D eigenvalue weighted by Crippen LogP contribution is 2.03. The quantitative estimate of drug-likeness (QED) is 0.768. The highest BCUT2D eigenvalue weighted by molar-refractivity contribution is 5.94. The van der Waals surface area contributed by atoms with E-state index in [4.69, 9.17) is 14.7 Å². The number of carbonyl (C=O) groups is 1. The zero-order valence-electron chi connectivity index (χ0n) is 9.77. The number of benzene rings is 1. The molecule has 0 aromatic heterocycles. The zero-order valence-corrected chi connectivity index (χ0v) is 9.77. The minimum Gasteiger partial charge on any atom is -0.354 e. The molecule has 1 amide bonds. The monoisotopic (exact) mass is 234 g/mol. The molecule has 0 spiro atoms. The number of nitrogens with one attached hydrogen (secondary N) is 1. The number of hydrogen-bond acceptors (Lipinski definition) is 4. The van der Waals surface area contributed by atoms with Gasteiger partial charge in [-0.15, -0.1) is 0 Å². The molecule has 0 aliphatic heterocycles. The number of rotatable bonds is 5. The normalized spacial score (nSPS) is 10.0. The molecule has 90 valence electrons. The van der Waals surface area contributed by atoms with Crippen molar-refractivity contribution in [1.29, 1.82) is 5.26 Å². The number of nitrogens with zero attached hydrogens (tertiary/aromatic N) is 1. The van der Waals surface area contributed by atoms with E-state index in [0.29, 0.717) is 11.1 Å². The second kappa shape index (κ2) is 6.63. The molecule has 1 aromatic rings. The molecule has 5 nitrogen and oxygen atoms in total. The lowest BCUT2D eigenvalue weighted by Crippen LogP contribution is -2.34. The van der Waals surface area contributed by atoms with Gasteiger partial charge in [0.2, 0.25) is 0 Å². The summed E-state index contributed by atoms with van der Waals surface area (Å²) < 4.78 is 9.88. The molecule has 0 aliphatic rings. The largest absolute Gasteiger partial charge is 0.354 e. The first kappa shape index (κ1) is 13.2. The molecule has 0 heterocycles. The van der Waals surface area contributed by atoms with Gasteiger partial charge in [0.1, 0.15) is 0 Å². The van der Waals surface area contributed by atoms with E-state index in [1.807, 2.05) is 6.07 Å². The number of hydrogen-bond donors (Lipinski definition) is 1. The maximum atomic E-state index is 11.7. The van der Waals surface area contributed by atoms with Crippen molar-refractivity contribution < 1.29 is 14.3 Å². The summed E-state index contributed by atoms with van der Waals surface area (Å²) in [4.78, 5) is 11.7. The molecule has 0 bridgehead atoms. The topological polar surface area (TPSA) is 71.3 Å². The lowest BCUT2D eigenvalue weighted by atomic mass is 10.1. The maximum Gasteiger partial charge on any atom is 0.251 e. The van der Waals surface area contributed by atoms with E-state index in [1.54, 1.807) is 24.3 Å². The molecule has 1 N–H and O–H groups in total. The molecule has 17 heavy (non-hydrogen) atoms. The van der Waals surface area contributed by atoms with Gasteiger partial charge in [-0.25, -0.2) is 0 Å². The van der Waals surface area contributed by atoms with Crippen molar-refractivity contribution in [2.75, 3.05) is 20.8 Å². The molecule has 0 aliphatic carbocycles. The van der Waals surface area contributed by atoms with E-state index in [2.05, 4.69) is 5.32 Å². The van der Waals surface area contributed by atoms with Crippen LogP contribution in [0, 0.1) is 11.3 Å². The lowest BCUT2D eigenvalue weighted by molar-refractivity contribution is -0.0974. The van der Waals surface area contributed by atoms with Crippen LogP contribution in [-0.2, 0) is 9.47 Å². The number of methoxy groups -OCH3 is 2. The molecule has 0 fully saturated rings. The number of amides is 1. The van der Waals surface area contributed by atoms with Crippen LogP contribution < -0.4 is 5.32 Å². The van der Waals surface area contributed by atoms with Gasteiger partial charge < -0.3 is 14.8 Å². The highest BCUT2D eigenvalue weighted by Gasteiger charge is 2.09. The Bertz CT molecular complexity index is 405. The minimum absolute atomic E-state index is 0.228. The van der Waals surface area contributed by atoms with Crippen molar-refractivity contribution in [3.63, 3.8) is 0 Å². The first-order valence-electron chi connectivity index (χ1n) is 5.05. The first-order chi connectivity index (χ1) is 8.21. The summed E-state index contributed by atoms with van der Waals surface area (Å²) in [5.74, 6) is -0.228. The highest BCUT2D eigenvalue weighted by atomic mass is 16.7. The Morgan fingerprint density at radius 2 is 1.94 bits per heavy atom. The van der Waals surface area contributed by atoms with Crippen LogP contribution in [0.1, 0.15) is 15.9 Å². The molecule has 0 saturated heterocycles. The number of nitriles is 1. The standard InChI is InChI=1S/C12H14N2O3/c1-16-11(17-2)8-14-12(15)10-5-3-9(7-13)4-6-10/h3-6,11H,8H2,1-2H3,(H,14,15). The van der Waals surface area contributed by atoms with E-state index >= 15 is 0 Å². The van der Waals surface area contributed by atoms with Crippen molar-refractivity contribution in [3.8, 4) is 6.07 Å². The second-order valence-corrected chi connectivity index (χ2v) is 3.30. The summed E-state index contributed by atoms with van der Waals surface area (Å²) in [6, 6.07) is 8.38. The van der Waals surface area contributed by atoms with Gasteiger partial charge in [0.05, 0.1) is 18.2 Å². The number of carbonyl (C=O) groups excluding carboxylic acids is 1. The number of ether oxygens (including phenoxy) is 2. The molecule has 1 rings (SSSR count). The van der Waals surface area contributed by atoms with Crippen molar-refractivity contribution >= 4 is 5.91 Å². The van der Waals surface area contributed by atoms with Crippen LogP contribution in [-0.4, -0.2) is 33.0 Å². The minimum atomic E-state index is -0.461. The van der Waals surface area contributed by atoms with Gasteiger partial charge in [0.25, 0.3) is 5.91 Å². The molecule has 0 saturated carbocycles. The van der Waals surface area contributed by atoms with Crippen LogP contribution in [0.2, 0.25) is 0 Å². The third-order valence-electron chi connectivity index (χ3n) is 2.23. The molecule has 0 unspecified atom stereocenters. The Hall–Kier alpha value is -1.90. The molecule has 1 aromatic carbocycles. The van der Waals surface area contributed by atoms with Gasteiger partial charge in [-0.3, -0.25) is 4.79 Å². The van der Waals surface area contributed by atoms with Crippen molar-refractivity contribution in [2.45, 2.75) is 6.29 Å². The predicted molar refractivity (Wildman–Crippen MR) is 61.3 cm³/mol. The zero-order chi connectivity index (χ0) is 12.7. The Balaban J connectivity index is 2.55. The SMILES string of the molecule is COC(CNC(=O)c1ccc(C#N)cc1)OC. The van der Waals surface area contributed by atoms with Crippen LogP contribution >= 0.6 is 0 Å². The summed E-state index contributed by atoms with van der Waals surface area (Å²) in [6.07, 6.45) is -0.461. The van der Waals surface area contributed by atoms with Gasteiger partial charge in [-0.1, -0.05) is 0 Å². The van der Waals surface area contributed by atoms with E-state index < -0.39 is 6.29 Å². The predicted octanol–water partition coefficient (Wildman–Crippen LogP) is 0.907. The molecule has 5 heteroatoms. The van der Waals surface area contributed by atoms with Crippen molar-refractivity contribution in [1.82, 2.24) is 5.32 Å². The van der Waals surface area contributed by atoms with E-state index in [1.165, 1.54) is 14.2 Å². The molecule has 0 radical (unpaired) electrons. The Morgan fingerprint density at radius 1 is 1.35 bits per heavy atom.